The van der Waals surface area contributed by atoms with Crippen molar-refractivity contribution < 1.29 is 0 Å². The Balaban J connectivity index is 2.52. The number of rotatable bonds is 2. The Bertz CT molecular complexity index is 544. The molecule has 3 nitrogen and oxygen atoms in total. The Morgan fingerprint density at radius 3 is 2.53 bits per heavy atom. The van der Waals surface area contributed by atoms with Gasteiger partial charge in [0.25, 0.3) is 0 Å². The molecule has 0 spiro atoms. The predicted molar refractivity (Wildman–Crippen MR) is 72.2 cm³/mol. The second kappa shape index (κ2) is 4.41. The summed E-state index contributed by atoms with van der Waals surface area (Å²) >= 11 is 5.90. The number of aromatic nitrogens is 2. The van der Waals surface area contributed by atoms with Crippen LogP contribution >= 0.6 is 11.6 Å². The Morgan fingerprint density at radius 1 is 1.29 bits per heavy atom. The summed E-state index contributed by atoms with van der Waals surface area (Å²) < 4.78 is 1.94. The summed E-state index contributed by atoms with van der Waals surface area (Å²) in [5.74, 6) is 0. The molecule has 0 aliphatic rings. The van der Waals surface area contributed by atoms with Crippen molar-refractivity contribution in [1.29, 1.82) is 0 Å². The topological polar surface area (TPSA) is 43.8 Å². The first-order valence-electron chi connectivity index (χ1n) is 5.60. The molecule has 0 saturated heterocycles. The maximum absolute atomic E-state index is 5.99. The van der Waals surface area contributed by atoms with Gasteiger partial charge >= 0.3 is 0 Å². The van der Waals surface area contributed by atoms with E-state index in [1.807, 2.05) is 29.9 Å². The van der Waals surface area contributed by atoms with Gasteiger partial charge in [-0.15, -0.1) is 0 Å². The molecule has 0 atom stereocenters. The summed E-state index contributed by atoms with van der Waals surface area (Å²) in [7, 11) is 0. The van der Waals surface area contributed by atoms with Crippen LogP contribution in [0.25, 0.3) is 11.1 Å². The molecular weight excluding hydrogens is 234 g/mol. The molecule has 1 heterocycles. The largest absolute Gasteiger partial charge is 0.398 e. The molecule has 0 aliphatic heterocycles. The van der Waals surface area contributed by atoms with Gasteiger partial charge in [0.2, 0.25) is 0 Å². The van der Waals surface area contributed by atoms with Gasteiger partial charge in [-0.3, -0.25) is 4.68 Å². The fourth-order valence-electron chi connectivity index (χ4n) is 1.79. The van der Waals surface area contributed by atoms with Crippen molar-refractivity contribution in [1.82, 2.24) is 9.78 Å². The number of hydrogen-bond acceptors (Lipinski definition) is 2. The molecule has 0 unspecified atom stereocenters. The Morgan fingerprint density at radius 2 is 2.00 bits per heavy atom. The van der Waals surface area contributed by atoms with Gasteiger partial charge in [-0.25, -0.2) is 0 Å². The minimum absolute atomic E-state index is 0.343. The second-order valence-electron chi connectivity index (χ2n) is 4.43. The third kappa shape index (κ3) is 2.29. The van der Waals surface area contributed by atoms with Gasteiger partial charge in [0.05, 0.1) is 5.69 Å². The molecule has 0 fully saturated rings. The van der Waals surface area contributed by atoms with Gasteiger partial charge in [-0.1, -0.05) is 17.7 Å². The molecule has 2 aromatic rings. The zero-order valence-electron chi connectivity index (χ0n) is 10.2. The van der Waals surface area contributed by atoms with Crippen LogP contribution in [0.2, 0.25) is 5.02 Å². The number of nitrogens with two attached hydrogens (primary N) is 1. The maximum atomic E-state index is 5.99. The number of anilines is 1. The summed E-state index contributed by atoms with van der Waals surface area (Å²) in [6.07, 6.45) is 2.03. The van der Waals surface area contributed by atoms with Gasteiger partial charge in [0, 0.05) is 34.1 Å². The molecule has 0 aliphatic carbocycles. The highest BCUT2D eigenvalue weighted by Gasteiger charge is 2.11. The summed E-state index contributed by atoms with van der Waals surface area (Å²) in [6, 6.07) is 5.89. The minimum Gasteiger partial charge on any atom is -0.398 e. The third-order valence-electron chi connectivity index (χ3n) is 2.75. The monoisotopic (exact) mass is 249 g/mol. The van der Waals surface area contributed by atoms with Crippen LogP contribution in [-0.2, 0) is 0 Å². The molecule has 4 heteroatoms. The zero-order chi connectivity index (χ0) is 12.6. The number of benzene rings is 1. The zero-order valence-corrected chi connectivity index (χ0v) is 11.0. The first-order chi connectivity index (χ1) is 7.99. The Labute approximate surface area is 106 Å². The highest BCUT2D eigenvalue weighted by atomic mass is 35.5. The van der Waals surface area contributed by atoms with E-state index < -0.39 is 0 Å². The smallest absolute Gasteiger partial charge is 0.0672 e. The van der Waals surface area contributed by atoms with E-state index >= 15 is 0 Å². The number of hydrogen-bond donors (Lipinski definition) is 1. The van der Waals surface area contributed by atoms with Gasteiger partial charge < -0.3 is 5.73 Å². The number of halogens is 1. The predicted octanol–water partition coefficient (Wildman–Crippen LogP) is 3.68. The van der Waals surface area contributed by atoms with Gasteiger partial charge in [0.15, 0.2) is 0 Å². The first kappa shape index (κ1) is 12.0. The van der Waals surface area contributed by atoms with E-state index in [-0.39, 0.29) is 0 Å². The van der Waals surface area contributed by atoms with E-state index in [0.717, 1.165) is 16.8 Å². The standard InChI is InChI=1S/C13H16ClN3/c1-8(2)17-7-12(9(3)16-17)11-5-4-10(14)6-13(11)15/h4-8H,15H2,1-3H3. The van der Waals surface area contributed by atoms with E-state index in [4.69, 9.17) is 17.3 Å². The van der Waals surface area contributed by atoms with Crippen LogP contribution in [0.15, 0.2) is 24.4 Å². The lowest BCUT2D eigenvalue weighted by Crippen LogP contribution is -2.00. The quantitative estimate of drug-likeness (QED) is 0.826. The average Bonchev–Trinajstić information content (AvgIpc) is 2.61. The normalized spacial score (nSPS) is 11.1. The fourth-order valence-corrected chi connectivity index (χ4v) is 1.97. The maximum Gasteiger partial charge on any atom is 0.0672 e. The molecule has 0 amide bonds. The van der Waals surface area contributed by atoms with Crippen molar-refractivity contribution in [2.24, 2.45) is 0 Å². The van der Waals surface area contributed by atoms with Gasteiger partial charge in [0.1, 0.15) is 0 Å². The van der Waals surface area contributed by atoms with E-state index in [9.17, 15) is 0 Å². The molecule has 0 radical (unpaired) electrons. The van der Waals surface area contributed by atoms with Crippen molar-refractivity contribution in [3.8, 4) is 11.1 Å². The summed E-state index contributed by atoms with van der Waals surface area (Å²) in [4.78, 5) is 0. The van der Waals surface area contributed by atoms with Crippen molar-refractivity contribution in [3.63, 3.8) is 0 Å². The Hall–Kier alpha value is -1.48. The Kier molecular flexibility index (Phi) is 3.11. The van der Waals surface area contributed by atoms with Crippen LogP contribution < -0.4 is 5.73 Å². The number of nitrogens with zero attached hydrogens (tertiary/aromatic N) is 2. The van der Waals surface area contributed by atoms with E-state index in [1.54, 1.807) is 6.07 Å². The van der Waals surface area contributed by atoms with Crippen LogP contribution in [0.3, 0.4) is 0 Å². The van der Waals surface area contributed by atoms with Crippen molar-refractivity contribution in [2.75, 3.05) is 5.73 Å². The third-order valence-corrected chi connectivity index (χ3v) is 2.98. The molecule has 17 heavy (non-hydrogen) atoms. The molecule has 90 valence electrons. The molecule has 0 bridgehead atoms. The van der Waals surface area contributed by atoms with E-state index in [1.165, 1.54) is 0 Å². The molecule has 2 N–H and O–H groups in total. The lowest BCUT2D eigenvalue weighted by molar-refractivity contribution is 0.529. The van der Waals surface area contributed by atoms with Gasteiger partial charge in [-0.2, -0.15) is 5.10 Å². The van der Waals surface area contributed by atoms with Crippen molar-refractivity contribution in [2.45, 2.75) is 26.8 Å². The molecule has 0 saturated carbocycles. The minimum atomic E-state index is 0.343. The number of aryl methyl sites for hydroxylation is 1. The number of nitrogen functional groups attached to an aromatic ring is 1. The molecule has 1 aromatic heterocycles. The summed E-state index contributed by atoms with van der Waals surface area (Å²) in [5, 5.41) is 5.13. The second-order valence-corrected chi connectivity index (χ2v) is 4.87. The van der Waals surface area contributed by atoms with E-state index in [0.29, 0.717) is 16.8 Å². The molecule has 2 rings (SSSR count). The van der Waals surface area contributed by atoms with Gasteiger partial charge in [-0.05, 0) is 32.9 Å². The van der Waals surface area contributed by atoms with Crippen LogP contribution in [0, 0.1) is 6.92 Å². The fraction of sp³-hybridized carbons (Fsp3) is 0.308. The van der Waals surface area contributed by atoms with E-state index in [2.05, 4.69) is 18.9 Å². The van der Waals surface area contributed by atoms with Crippen LogP contribution in [0.1, 0.15) is 25.6 Å². The highest BCUT2D eigenvalue weighted by Crippen LogP contribution is 2.30. The van der Waals surface area contributed by atoms with Crippen molar-refractivity contribution >= 4 is 17.3 Å². The lowest BCUT2D eigenvalue weighted by Gasteiger charge is -2.05. The summed E-state index contributed by atoms with van der Waals surface area (Å²) in [6.45, 7) is 6.19. The SMILES string of the molecule is Cc1nn(C(C)C)cc1-c1ccc(Cl)cc1N. The molecular formula is C13H16ClN3. The van der Waals surface area contributed by atoms with Crippen LogP contribution in [-0.4, -0.2) is 9.78 Å². The van der Waals surface area contributed by atoms with Crippen LogP contribution in [0.4, 0.5) is 5.69 Å². The highest BCUT2D eigenvalue weighted by molar-refractivity contribution is 6.31. The summed E-state index contributed by atoms with van der Waals surface area (Å²) in [5.41, 5.74) is 9.70. The first-order valence-corrected chi connectivity index (χ1v) is 5.98. The average molecular weight is 250 g/mol. The lowest BCUT2D eigenvalue weighted by atomic mass is 10.1. The van der Waals surface area contributed by atoms with Crippen LogP contribution in [0.5, 0.6) is 0 Å². The van der Waals surface area contributed by atoms with Crippen molar-refractivity contribution in [3.05, 3.63) is 35.1 Å². The molecule has 1 aromatic carbocycles.